The summed E-state index contributed by atoms with van der Waals surface area (Å²) in [4.78, 5) is 0. The van der Waals surface area contributed by atoms with E-state index in [1.807, 2.05) is 25.2 Å². The van der Waals surface area contributed by atoms with Gasteiger partial charge in [-0.05, 0) is 56.4 Å². The number of ether oxygens (including phenoxy) is 1. The minimum Gasteiger partial charge on any atom is -0.489 e. The molecule has 2 aromatic rings. The molecule has 3 nitrogen and oxygen atoms in total. The Kier molecular flexibility index (Phi) is 7.33. The third-order valence-electron chi connectivity index (χ3n) is 3.42. The summed E-state index contributed by atoms with van der Waals surface area (Å²) in [5.74, 6) is 0.435. The maximum absolute atomic E-state index is 13.0. The molecular weight excluding hydrogens is 315 g/mol. The lowest BCUT2D eigenvalue weighted by atomic mass is 10.2. The molecule has 0 bridgehead atoms. The molecule has 2 aromatic carbocycles. The molecule has 0 aliphatic carbocycles. The predicted octanol–water partition coefficient (Wildman–Crippen LogP) is 3.76. The Balaban J connectivity index is 1.84. The lowest BCUT2D eigenvalue weighted by molar-refractivity contribution is 0.306. The highest BCUT2D eigenvalue weighted by Gasteiger charge is 2.04. The zero-order valence-corrected chi connectivity index (χ0v) is 14.0. The smallest absolute Gasteiger partial charge is 0.124 e. The van der Waals surface area contributed by atoms with Crippen molar-refractivity contribution in [2.45, 2.75) is 19.6 Å². The molecule has 2 rings (SSSR count). The first-order chi connectivity index (χ1) is 11.2. The highest BCUT2D eigenvalue weighted by atomic mass is 35.5. The third-order valence-corrected chi connectivity index (χ3v) is 3.77. The van der Waals surface area contributed by atoms with E-state index in [2.05, 4.69) is 16.7 Å². The predicted molar refractivity (Wildman–Crippen MR) is 92.4 cm³/mol. The van der Waals surface area contributed by atoms with Crippen LogP contribution in [-0.2, 0) is 13.2 Å². The van der Waals surface area contributed by atoms with Crippen molar-refractivity contribution in [3.8, 4) is 5.75 Å². The van der Waals surface area contributed by atoms with Gasteiger partial charge in [0.25, 0.3) is 0 Å². The zero-order chi connectivity index (χ0) is 16.5. The topological polar surface area (TPSA) is 33.3 Å². The second kappa shape index (κ2) is 9.50. The molecule has 0 amide bonds. The minimum absolute atomic E-state index is 0.318. The number of rotatable bonds is 9. The average molecular weight is 337 g/mol. The van der Waals surface area contributed by atoms with Gasteiger partial charge < -0.3 is 15.4 Å². The van der Waals surface area contributed by atoms with Crippen LogP contribution in [-0.4, -0.2) is 20.1 Å². The van der Waals surface area contributed by atoms with E-state index >= 15 is 0 Å². The molecule has 0 aliphatic rings. The highest BCUT2D eigenvalue weighted by Crippen LogP contribution is 2.20. The maximum atomic E-state index is 13.0. The summed E-state index contributed by atoms with van der Waals surface area (Å²) in [6, 6.07) is 12.3. The van der Waals surface area contributed by atoms with Gasteiger partial charge in [-0.15, -0.1) is 0 Å². The number of hydrogen-bond donors (Lipinski definition) is 2. The van der Waals surface area contributed by atoms with Crippen molar-refractivity contribution in [2.24, 2.45) is 0 Å². The Bertz CT molecular complexity index is 622. The second-order valence-electron chi connectivity index (χ2n) is 5.31. The van der Waals surface area contributed by atoms with Gasteiger partial charge in [-0.3, -0.25) is 0 Å². The number of nitrogens with one attached hydrogen (secondary N) is 2. The Morgan fingerprint density at radius 2 is 2.00 bits per heavy atom. The molecular formula is C18H22ClFN2O. The molecule has 124 valence electrons. The maximum Gasteiger partial charge on any atom is 0.124 e. The van der Waals surface area contributed by atoms with E-state index < -0.39 is 0 Å². The SMILES string of the molecule is CNCCCNCc1cccc(OCc2ccc(F)cc2Cl)c1. The Hall–Kier alpha value is -1.62. The summed E-state index contributed by atoms with van der Waals surface area (Å²) >= 11 is 6.00. The van der Waals surface area contributed by atoms with Gasteiger partial charge in [0.1, 0.15) is 18.2 Å². The summed E-state index contributed by atoms with van der Waals surface area (Å²) in [5.41, 5.74) is 1.93. The number of halogens is 2. The van der Waals surface area contributed by atoms with Gasteiger partial charge in [-0.2, -0.15) is 0 Å². The fraction of sp³-hybridized carbons (Fsp3) is 0.333. The molecule has 23 heavy (non-hydrogen) atoms. The van der Waals surface area contributed by atoms with Crippen LogP contribution < -0.4 is 15.4 Å². The van der Waals surface area contributed by atoms with Crippen LogP contribution in [0.1, 0.15) is 17.5 Å². The zero-order valence-electron chi connectivity index (χ0n) is 13.2. The van der Waals surface area contributed by atoms with Gasteiger partial charge in [0.15, 0.2) is 0 Å². The number of benzene rings is 2. The largest absolute Gasteiger partial charge is 0.489 e. The summed E-state index contributed by atoms with van der Waals surface area (Å²) in [5, 5.41) is 6.90. The summed E-state index contributed by atoms with van der Waals surface area (Å²) < 4.78 is 18.8. The molecule has 2 N–H and O–H groups in total. The van der Waals surface area contributed by atoms with Crippen LogP contribution in [0.15, 0.2) is 42.5 Å². The quantitative estimate of drug-likeness (QED) is 0.684. The van der Waals surface area contributed by atoms with Gasteiger partial charge in [-0.1, -0.05) is 29.8 Å². The molecule has 0 saturated carbocycles. The van der Waals surface area contributed by atoms with Crippen molar-refractivity contribution in [3.05, 3.63) is 64.4 Å². The first-order valence-electron chi connectivity index (χ1n) is 7.70. The van der Waals surface area contributed by atoms with Gasteiger partial charge in [0, 0.05) is 12.1 Å². The summed E-state index contributed by atoms with van der Waals surface area (Å²) in [6.45, 7) is 3.10. The fourth-order valence-corrected chi connectivity index (χ4v) is 2.39. The summed E-state index contributed by atoms with van der Waals surface area (Å²) in [7, 11) is 1.95. The van der Waals surface area contributed by atoms with Crippen molar-refractivity contribution in [1.29, 1.82) is 0 Å². The van der Waals surface area contributed by atoms with Crippen molar-refractivity contribution in [2.75, 3.05) is 20.1 Å². The van der Waals surface area contributed by atoms with Gasteiger partial charge in [0.05, 0.1) is 5.02 Å². The molecule has 0 aromatic heterocycles. The second-order valence-corrected chi connectivity index (χ2v) is 5.71. The monoisotopic (exact) mass is 336 g/mol. The molecule has 0 atom stereocenters. The van der Waals surface area contributed by atoms with Crippen LogP contribution in [0.2, 0.25) is 5.02 Å². The Morgan fingerprint density at radius 3 is 2.78 bits per heavy atom. The van der Waals surface area contributed by atoms with E-state index in [9.17, 15) is 4.39 Å². The van der Waals surface area contributed by atoms with Crippen molar-refractivity contribution < 1.29 is 9.13 Å². The molecule has 0 heterocycles. The van der Waals surface area contributed by atoms with E-state index in [4.69, 9.17) is 16.3 Å². The van der Waals surface area contributed by atoms with Crippen LogP contribution in [0.3, 0.4) is 0 Å². The highest BCUT2D eigenvalue weighted by molar-refractivity contribution is 6.31. The van der Waals surface area contributed by atoms with Crippen LogP contribution in [0.5, 0.6) is 5.75 Å². The van der Waals surface area contributed by atoms with E-state index in [0.29, 0.717) is 11.6 Å². The van der Waals surface area contributed by atoms with Crippen molar-refractivity contribution in [1.82, 2.24) is 10.6 Å². The Morgan fingerprint density at radius 1 is 1.13 bits per heavy atom. The molecule has 0 aliphatic heterocycles. The summed E-state index contributed by atoms with van der Waals surface area (Å²) in [6.07, 6.45) is 1.09. The first-order valence-corrected chi connectivity index (χ1v) is 8.08. The van der Waals surface area contributed by atoms with E-state index in [-0.39, 0.29) is 5.82 Å². The molecule has 0 spiro atoms. The standard InChI is InChI=1S/C18H22ClFN2O/c1-21-8-3-9-22-12-14-4-2-5-17(10-14)23-13-15-6-7-16(20)11-18(15)19/h2,4-7,10-11,21-22H,3,8-9,12-13H2,1H3. The molecule has 5 heteroatoms. The van der Waals surface area contributed by atoms with Crippen LogP contribution in [0.25, 0.3) is 0 Å². The average Bonchev–Trinajstić information content (AvgIpc) is 2.54. The van der Waals surface area contributed by atoms with Gasteiger partial charge in [-0.25, -0.2) is 4.39 Å². The van der Waals surface area contributed by atoms with Crippen LogP contribution >= 0.6 is 11.6 Å². The molecule has 0 fully saturated rings. The third kappa shape index (κ3) is 6.18. The van der Waals surface area contributed by atoms with Crippen LogP contribution in [0, 0.1) is 5.82 Å². The lowest BCUT2D eigenvalue weighted by Crippen LogP contribution is -2.19. The molecule has 0 radical (unpaired) electrons. The van der Waals surface area contributed by atoms with Crippen molar-refractivity contribution >= 4 is 11.6 Å². The number of hydrogen-bond acceptors (Lipinski definition) is 3. The van der Waals surface area contributed by atoms with Crippen LogP contribution in [0.4, 0.5) is 4.39 Å². The lowest BCUT2D eigenvalue weighted by Gasteiger charge is -2.10. The van der Waals surface area contributed by atoms with E-state index in [0.717, 1.165) is 42.9 Å². The minimum atomic E-state index is -0.343. The normalized spacial score (nSPS) is 10.7. The van der Waals surface area contributed by atoms with E-state index in [1.54, 1.807) is 6.07 Å². The van der Waals surface area contributed by atoms with Gasteiger partial charge >= 0.3 is 0 Å². The molecule has 0 saturated heterocycles. The Labute approximate surface area is 141 Å². The van der Waals surface area contributed by atoms with Crippen molar-refractivity contribution in [3.63, 3.8) is 0 Å². The van der Waals surface area contributed by atoms with E-state index in [1.165, 1.54) is 12.1 Å². The molecule has 0 unspecified atom stereocenters. The fourth-order valence-electron chi connectivity index (χ4n) is 2.17. The first kappa shape index (κ1) is 17.7. The van der Waals surface area contributed by atoms with Gasteiger partial charge in [0.2, 0.25) is 0 Å².